The van der Waals surface area contributed by atoms with Gasteiger partial charge < -0.3 is 9.88 Å². The number of nitrogens with one attached hydrogen (secondary N) is 1. The van der Waals surface area contributed by atoms with E-state index in [1.807, 2.05) is 54.4 Å². The van der Waals surface area contributed by atoms with E-state index in [1.54, 1.807) is 10.9 Å². The van der Waals surface area contributed by atoms with Crippen LogP contribution in [0.2, 0.25) is 0 Å². The largest absolute Gasteiger partial charge is 0.315 e. The van der Waals surface area contributed by atoms with Crippen molar-refractivity contribution in [2.45, 2.75) is 32.7 Å². The lowest BCUT2D eigenvalue weighted by Crippen LogP contribution is -2.25. The SMILES string of the molecule is CC(C)c1nc2ccccc2n1C(C)C(=O)Nc1nc(-c2cnn(C)c2)cs1. The van der Waals surface area contributed by atoms with Gasteiger partial charge in [0.2, 0.25) is 5.91 Å². The molecule has 4 aromatic rings. The van der Waals surface area contributed by atoms with Crippen LogP contribution in [0.3, 0.4) is 0 Å². The predicted molar refractivity (Wildman–Crippen MR) is 111 cm³/mol. The second kappa shape index (κ2) is 7.20. The summed E-state index contributed by atoms with van der Waals surface area (Å²) in [6, 6.07) is 7.50. The maximum atomic E-state index is 13.0. The van der Waals surface area contributed by atoms with E-state index < -0.39 is 6.04 Å². The second-order valence-corrected chi connectivity index (χ2v) is 7.95. The molecule has 4 rings (SSSR count). The summed E-state index contributed by atoms with van der Waals surface area (Å²) in [5, 5.41) is 9.61. The fraction of sp³-hybridized carbons (Fsp3) is 0.300. The molecule has 8 heteroatoms. The van der Waals surface area contributed by atoms with Crippen LogP contribution in [-0.2, 0) is 11.8 Å². The van der Waals surface area contributed by atoms with E-state index in [4.69, 9.17) is 4.98 Å². The van der Waals surface area contributed by atoms with Gasteiger partial charge in [0.1, 0.15) is 11.9 Å². The summed E-state index contributed by atoms with van der Waals surface area (Å²) >= 11 is 1.41. The highest BCUT2D eigenvalue weighted by Crippen LogP contribution is 2.28. The molecule has 7 nitrogen and oxygen atoms in total. The number of anilines is 1. The molecule has 1 unspecified atom stereocenters. The van der Waals surface area contributed by atoms with Gasteiger partial charge in [-0.05, 0) is 19.1 Å². The average Bonchev–Trinajstić information content (AvgIpc) is 3.38. The first-order valence-corrected chi connectivity index (χ1v) is 10.0. The number of thiazole rings is 1. The summed E-state index contributed by atoms with van der Waals surface area (Å²) in [5.41, 5.74) is 3.59. The molecule has 0 aliphatic carbocycles. The normalized spacial score (nSPS) is 12.6. The lowest BCUT2D eigenvalue weighted by atomic mass is 10.2. The molecular formula is C20H22N6OS. The van der Waals surface area contributed by atoms with Gasteiger partial charge in [0.25, 0.3) is 0 Å². The van der Waals surface area contributed by atoms with Gasteiger partial charge in [-0.15, -0.1) is 11.3 Å². The molecule has 0 fully saturated rings. The lowest BCUT2D eigenvalue weighted by molar-refractivity contribution is -0.118. The molecule has 0 spiro atoms. The third-order valence-electron chi connectivity index (χ3n) is 4.64. The Labute approximate surface area is 167 Å². The van der Waals surface area contributed by atoms with Crippen LogP contribution in [0.5, 0.6) is 0 Å². The zero-order chi connectivity index (χ0) is 19.8. The zero-order valence-corrected chi connectivity index (χ0v) is 17.1. The number of imidazole rings is 1. The van der Waals surface area contributed by atoms with Crippen molar-refractivity contribution in [1.82, 2.24) is 24.3 Å². The molecule has 0 aliphatic heterocycles. The maximum absolute atomic E-state index is 13.0. The van der Waals surface area contributed by atoms with E-state index in [0.717, 1.165) is 28.1 Å². The molecule has 1 aromatic carbocycles. The first-order chi connectivity index (χ1) is 13.4. The number of fused-ring (bicyclic) bond motifs is 1. The minimum Gasteiger partial charge on any atom is -0.315 e. The Morgan fingerprint density at radius 3 is 2.68 bits per heavy atom. The van der Waals surface area contributed by atoms with Gasteiger partial charge in [-0.1, -0.05) is 26.0 Å². The fourth-order valence-corrected chi connectivity index (χ4v) is 3.94. The van der Waals surface area contributed by atoms with Gasteiger partial charge in [0.05, 0.1) is 22.9 Å². The predicted octanol–water partition coefficient (Wildman–Crippen LogP) is 4.22. The summed E-state index contributed by atoms with van der Waals surface area (Å²) in [4.78, 5) is 22.2. The highest BCUT2D eigenvalue weighted by Gasteiger charge is 2.23. The number of amides is 1. The Morgan fingerprint density at radius 1 is 1.18 bits per heavy atom. The van der Waals surface area contributed by atoms with Crippen LogP contribution in [-0.4, -0.2) is 30.2 Å². The number of aryl methyl sites for hydroxylation is 1. The lowest BCUT2D eigenvalue weighted by Gasteiger charge is -2.18. The van der Waals surface area contributed by atoms with Crippen LogP contribution < -0.4 is 5.32 Å². The topological polar surface area (TPSA) is 77.6 Å². The first kappa shape index (κ1) is 18.4. The van der Waals surface area contributed by atoms with Crippen LogP contribution in [0, 0.1) is 0 Å². The third kappa shape index (κ3) is 3.31. The van der Waals surface area contributed by atoms with E-state index in [2.05, 4.69) is 29.2 Å². The zero-order valence-electron chi connectivity index (χ0n) is 16.2. The molecule has 0 aliphatic rings. The third-order valence-corrected chi connectivity index (χ3v) is 5.40. The molecule has 144 valence electrons. The number of carbonyl (C=O) groups is 1. The second-order valence-electron chi connectivity index (χ2n) is 7.09. The molecule has 0 saturated carbocycles. The molecule has 28 heavy (non-hydrogen) atoms. The van der Waals surface area contributed by atoms with Crippen molar-refractivity contribution >= 4 is 33.4 Å². The molecule has 1 amide bonds. The van der Waals surface area contributed by atoms with Gasteiger partial charge in [0.15, 0.2) is 5.13 Å². The minimum atomic E-state index is -0.407. The maximum Gasteiger partial charge on any atom is 0.248 e. The molecule has 1 atom stereocenters. The number of carbonyl (C=O) groups excluding carboxylic acids is 1. The molecular weight excluding hydrogens is 372 g/mol. The van der Waals surface area contributed by atoms with Gasteiger partial charge >= 0.3 is 0 Å². The van der Waals surface area contributed by atoms with Gasteiger partial charge in [-0.2, -0.15) is 5.10 Å². The number of para-hydroxylation sites is 2. The van der Waals surface area contributed by atoms with Gasteiger partial charge in [-0.25, -0.2) is 9.97 Å². The van der Waals surface area contributed by atoms with Crippen LogP contribution >= 0.6 is 11.3 Å². The highest BCUT2D eigenvalue weighted by atomic mass is 32.1. The van der Waals surface area contributed by atoms with Crippen LogP contribution in [0.4, 0.5) is 5.13 Å². The van der Waals surface area contributed by atoms with E-state index in [0.29, 0.717) is 5.13 Å². The van der Waals surface area contributed by atoms with E-state index >= 15 is 0 Å². The Hall–Kier alpha value is -3.00. The van der Waals surface area contributed by atoms with E-state index in [9.17, 15) is 4.79 Å². The minimum absolute atomic E-state index is 0.114. The molecule has 0 radical (unpaired) electrons. The van der Waals surface area contributed by atoms with Crippen molar-refractivity contribution < 1.29 is 4.79 Å². The van der Waals surface area contributed by atoms with Crippen molar-refractivity contribution in [2.75, 3.05) is 5.32 Å². The Bertz CT molecular complexity index is 1140. The quantitative estimate of drug-likeness (QED) is 0.550. The number of hydrogen-bond donors (Lipinski definition) is 1. The van der Waals surface area contributed by atoms with Crippen molar-refractivity contribution in [3.8, 4) is 11.3 Å². The van der Waals surface area contributed by atoms with Crippen LogP contribution in [0.25, 0.3) is 22.3 Å². The molecule has 0 bridgehead atoms. The molecule has 3 heterocycles. The summed E-state index contributed by atoms with van der Waals surface area (Å²) in [7, 11) is 1.86. The van der Waals surface area contributed by atoms with Crippen molar-refractivity contribution in [2.24, 2.45) is 7.05 Å². The Morgan fingerprint density at radius 2 is 1.96 bits per heavy atom. The van der Waals surface area contributed by atoms with Crippen molar-refractivity contribution in [1.29, 1.82) is 0 Å². The summed E-state index contributed by atoms with van der Waals surface area (Å²) in [6.07, 6.45) is 3.66. The van der Waals surface area contributed by atoms with Crippen LogP contribution in [0.15, 0.2) is 42.0 Å². The Balaban J connectivity index is 1.60. The average molecular weight is 395 g/mol. The van der Waals surface area contributed by atoms with Crippen LogP contribution in [0.1, 0.15) is 38.6 Å². The number of nitrogens with zero attached hydrogens (tertiary/aromatic N) is 5. The molecule has 1 N–H and O–H groups in total. The number of benzene rings is 1. The highest BCUT2D eigenvalue weighted by molar-refractivity contribution is 7.14. The summed E-state index contributed by atoms with van der Waals surface area (Å²) in [6.45, 7) is 6.07. The van der Waals surface area contributed by atoms with Crippen molar-refractivity contribution in [3.63, 3.8) is 0 Å². The van der Waals surface area contributed by atoms with Gasteiger partial charge in [-0.3, -0.25) is 9.48 Å². The first-order valence-electron chi connectivity index (χ1n) is 9.16. The smallest absolute Gasteiger partial charge is 0.248 e. The fourth-order valence-electron chi connectivity index (χ4n) is 3.22. The summed E-state index contributed by atoms with van der Waals surface area (Å²) in [5.74, 6) is 0.996. The van der Waals surface area contributed by atoms with E-state index in [1.165, 1.54) is 11.3 Å². The molecule has 3 aromatic heterocycles. The Kier molecular flexibility index (Phi) is 4.72. The number of hydrogen-bond acceptors (Lipinski definition) is 5. The number of aromatic nitrogens is 5. The standard InChI is InChI=1S/C20H22N6OS/c1-12(2)18-22-15-7-5-6-8-17(15)26(18)13(3)19(27)24-20-23-16(11-28-20)14-9-21-25(4)10-14/h5-13H,1-4H3,(H,23,24,27). The van der Waals surface area contributed by atoms with E-state index in [-0.39, 0.29) is 11.8 Å². The monoisotopic (exact) mass is 394 g/mol. The number of rotatable bonds is 5. The van der Waals surface area contributed by atoms with Gasteiger partial charge in [0, 0.05) is 30.1 Å². The molecule has 0 saturated heterocycles. The van der Waals surface area contributed by atoms with Crippen molar-refractivity contribution in [3.05, 3.63) is 47.9 Å². The summed E-state index contributed by atoms with van der Waals surface area (Å²) < 4.78 is 3.75.